The third-order valence-electron chi connectivity index (χ3n) is 2.49. The summed E-state index contributed by atoms with van der Waals surface area (Å²) in [4.78, 5) is 24.6. The number of hydrogen-bond donors (Lipinski definition) is 1. The quantitative estimate of drug-likeness (QED) is 0.355. The van der Waals surface area contributed by atoms with Gasteiger partial charge in [-0.2, -0.15) is 0 Å². The van der Waals surface area contributed by atoms with Gasteiger partial charge in [-0.3, -0.25) is 4.79 Å². The van der Waals surface area contributed by atoms with Crippen molar-refractivity contribution in [1.82, 2.24) is 0 Å². The van der Waals surface area contributed by atoms with Crippen LogP contribution in [-0.2, 0) is 9.63 Å². The normalized spacial score (nSPS) is 12.1. The van der Waals surface area contributed by atoms with E-state index < -0.39 is 11.1 Å². The third kappa shape index (κ3) is 8.02. The van der Waals surface area contributed by atoms with Crippen molar-refractivity contribution in [3.05, 3.63) is 10.1 Å². The van der Waals surface area contributed by atoms with Gasteiger partial charge in [0.2, 0.25) is 0 Å². The van der Waals surface area contributed by atoms with Gasteiger partial charge in [-0.25, -0.2) is 0 Å². The van der Waals surface area contributed by atoms with E-state index in [1.54, 1.807) is 0 Å². The smallest absolute Gasteiger partial charge is 0.306 e. The maximum absolute atomic E-state index is 10.7. The van der Waals surface area contributed by atoms with Crippen molar-refractivity contribution in [2.75, 3.05) is 6.61 Å². The molecule has 0 saturated carbocycles. The minimum absolute atomic E-state index is 0.128. The summed E-state index contributed by atoms with van der Waals surface area (Å²) in [7, 11) is 0. The zero-order chi connectivity index (χ0) is 12.4. The Morgan fingerprint density at radius 1 is 1.38 bits per heavy atom. The van der Waals surface area contributed by atoms with Crippen molar-refractivity contribution in [1.29, 1.82) is 0 Å². The lowest BCUT2D eigenvalue weighted by Crippen LogP contribution is -2.12. The predicted octanol–water partition coefficient (Wildman–Crippen LogP) is 2.26. The fourth-order valence-electron chi connectivity index (χ4n) is 1.49. The van der Waals surface area contributed by atoms with Crippen LogP contribution in [0.4, 0.5) is 0 Å². The zero-order valence-corrected chi connectivity index (χ0v) is 9.55. The number of unbranched alkanes of at least 4 members (excludes halogenated alkanes) is 3. The first kappa shape index (κ1) is 14.7. The molecule has 6 heteroatoms. The van der Waals surface area contributed by atoms with Crippen LogP contribution < -0.4 is 0 Å². The van der Waals surface area contributed by atoms with Gasteiger partial charge >= 0.3 is 5.97 Å². The Labute approximate surface area is 94.7 Å². The molecule has 0 rings (SSSR count). The van der Waals surface area contributed by atoms with Gasteiger partial charge in [0.05, 0.1) is 12.5 Å². The van der Waals surface area contributed by atoms with Gasteiger partial charge in [0.15, 0.2) is 0 Å². The first-order valence-corrected chi connectivity index (χ1v) is 5.58. The van der Waals surface area contributed by atoms with Crippen LogP contribution >= 0.6 is 0 Å². The molecular formula is C10H19NO5. The second-order valence-corrected chi connectivity index (χ2v) is 3.70. The lowest BCUT2D eigenvalue weighted by atomic mass is 9.98. The molecule has 0 saturated heterocycles. The van der Waals surface area contributed by atoms with Crippen molar-refractivity contribution < 1.29 is 19.8 Å². The highest BCUT2D eigenvalue weighted by Gasteiger charge is 2.13. The van der Waals surface area contributed by atoms with E-state index in [4.69, 9.17) is 5.11 Å². The molecular weight excluding hydrogens is 214 g/mol. The summed E-state index contributed by atoms with van der Waals surface area (Å²) in [5, 5.41) is 17.8. The van der Waals surface area contributed by atoms with E-state index in [1.807, 2.05) is 6.92 Å². The first-order valence-electron chi connectivity index (χ1n) is 5.58. The maximum atomic E-state index is 10.7. The molecule has 0 aromatic heterocycles. The first-order chi connectivity index (χ1) is 7.57. The predicted molar refractivity (Wildman–Crippen MR) is 57.4 cm³/mol. The van der Waals surface area contributed by atoms with Crippen LogP contribution in [0.1, 0.15) is 45.4 Å². The Bertz CT molecular complexity index is 219. The van der Waals surface area contributed by atoms with Crippen molar-refractivity contribution in [3.8, 4) is 0 Å². The minimum atomic E-state index is -0.794. The molecule has 0 fully saturated rings. The minimum Gasteiger partial charge on any atom is -0.481 e. The molecule has 0 aromatic carbocycles. The molecule has 0 aromatic rings. The Balaban J connectivity index is 3.32. The van der Waals surface area contributed by atoms with Crippen LogP contribution in [0, 0.1) is 16.0 Å². The van der Waals surface area contributed by atoms with Crippen molar-refractivity contribution in [2.24, 2.45) is 5.92 Å². The van der Waals surface area contributed by atoms with Crippen LogP contribution in [0.3, 0.4) is 0 Å². The molecule has 1 unspecified atom stereocenters. The summed E-state index contributed by atoms with van der Waals surface area (Å²) in [5.74, 6) is -0.991. The molecule has 0 spiro atoms. The number of carboxylic acids is 1. The Kier molecular flexibility index (Phi) is 8.19. The lowest BCUT2D eigenvalue weighted by molar-refractivity contribution is -0.757. The molecule has 0 aliphatic carbocycles. The summed E-state index contributed by atoms with van der Waals surface area (Å²) >= 11 is 0. The van der Waals surface area contributed by atoms with Crippen LogP contribution in [0.25, 0.3) is 0 Å². The average molecular weight is 233 g/mol. The SMILES string of the molecule is CCC(CCCCCCO[N+](=O)[O-])C(=O)O. The summed E-state index contributed by atoms with van der Waals surface area (Å²) in [6, 6.07) is 0. The molecule has 0 aliphatic heterocycles. The Morgan fingerprint density at radius 3 is 2.50 bits per heavy atom. The highest BCUT2D eigenvalue weighted by molar-refractivity contribution is 5.69. The van der Waals surface area contributed by atoms with Crippen LogP contribution in [-0.4, -0.2) is 22.8 Å². The summed E-state index contributed by atoms with van der Waals surface area (Å²) < 4.78 is 0. The summed E-state index contributed by atoms with van der Waals surface area (Å²) in [5.41, 5.74) is 0. The van der Waals surface area contributed by atoms with Gasteiger partial charge in [0.1, 0.15) is 0 Å². The second-order valence-electron chi connectivity index (χ2n) is 3.70. The molecule has 0 aliphatic rings. The van der Waals surface area contributed by atoms with Crippen molar-refractivity contribution >= 4 is 5.97 Å². The Morgan fingerprint density at radius 2 is 2.00 bits per heavy atom. The number of rotatable bonds is 10. The molecule has 94 valence electrons. The second kappa shape index (κ2) is 8.94. The van der Waals surface area contributed by atoms with E-state index in [1.165, 1.54) is 0 Å². The average Bonchev–Trinajstić information content (AvgIpc) is 2.21. The van der Waals surface area contributed by atoms with Gasteiger partial charge in [-0.1, -0.05) is 26.2 Å². The maximum Gasteiger partial charge on any atom is 0.306 e. The molecule has 0 bridgehead atoms. The number of carboxylic acid groups (broad SMARTS) is 1. The number of carbonyl (C=O) groups is 1. The molecule has 0 radical (unpaired) electrons. The van der Waals surface area contributed by atoms with Gasteiger partial charge in [-0.15, -0.1) is 10.1 Å². The lowest BCUT2D eigenvalue weighted by Gasteiger charge is -2.08. The summed E-state index contributed by atoms with van der Waals surface area (Å²) in [6.07, 6.45) is 4.56. The van der Waals surface area contributed by atoms with E-state index in [2.05, 4.69) is 4.84 Å². The third-order valence-corrected chi connectivity index (χ3v) is 2.49. The zero-order valence-electron chi connectivity index (χ0n) is 9.55. The van der Waals surface area contributed by atoms with Crippen molar-refractivity contribution in [3.63, 3.8) is 0 Å². The van der Waals surface area contributed by atoms with Gasteiger partial charge in [0.25, 0.3) is 5.09 Å². The highest BCUT2D eigenvalue weighted by atomic mass is 16.9. The van der Waals surface area contributed by atoms with E-state index >= 15 is 0 Å². The molecule has 0 heterocycles. The fraction of sp³-hybridized carbons (Fsp3) is 0.900. The van der Waals surface area contributed by atoms with Crippen LogP contribution in [0.15, 0.2) is 0 Å². The van der Waals surface area contributed by atoms with Gasteiger partial charge in [-0.05, 0) is 19.3 Å². The van der Waals surface area contributed by atoms with Crippen LogP contribution in [0.2, 0.25) is 0 Å². The molecule has 16 heavy (non-hydrogen) atoms. The Hall–Kier alpha value is -1.33. The highest BCUT2D eigenvalue weighted by Crippen LogP contribution is 2.14. The molecule has 1 atom stereocenters. The number of aliphatic carboxylic acids is 1. The summed E-state index contributed by atoms with van der Waals surface area (Å²) in [6.45, 7) is 1.99. The largest absolute Gasteiger partial charge is 0.481 e. The van der Waals surface area contributed by atoms with E-state index in [0.29, 0.717) is 19.3 Å². The topological polar surface area (TPSA) is 89.7 Å². The fourth-order valence-corrected chi connectivity index (χ4v) is 1.49. The van der Waals surface area contributed by atoms with E-state index in [-0.39, 0.29) is 12.5 Å². The van der Waals surface area contributed by atoms with E-state index in [9.17, 15) is 14.9 Å². The van der Waals surface area contributed by atoms with Gasteiger partial charge in [0, 0.05) is 0 Å². The number of hydrogen-bond acceptors (Lipinski definition) is 4. The van der Waals surface area contributed by atoms with E-state index in [0.717, 1.165) is 19.3 Å². The standard InChI is InChI=1S/C10H19NO5/c1-2-9(10(12)13)7-5-3-4-6-8-16-11(14)15/h9H,2-8H2,1H3,(H,12,13). The monoisotopic (exact) mass is 233 g/mol. The number of nitrogens with zero attached hydrogens (tertiary/aromatic N) is 1. The van der Waals surface area contributed by atoms with Gasteiger partial charge < -0.3 is 9.94 Å². The molecule has 0 amide bonds. The molecule has 1 N–H and O–H groups in total. The van der Waals surface area contributed by atoms with Crippen LogP contribution in [0.5, 0.6) is 0 Å². The van der Waals surface area contributed by atoms with Crippen molar-refractivity contribution in [2.45, 2.75) is 45.4 Å². The molecule has 6 nitrogen and oxygen atoms in total.